The summed E-state index contributed by atoms with van der Waals surface area (Å²) in [6.45, 7) is 2.91. The average molecular weight is 568 g/mol. The summed E-state index contributed by atoms with van der Waals surface area (Å²) in [6, 6.07) is 8.39. The highest BCUT2D eigenvalue weighted by atomic mass is 16.4. The zero-order chi connectivity index (χ0) is 30.1. The van der Waals surface area contributed by atoms with Gasteiger partial charge in [-0.25, -0.2) is 4.79 Å². The number of fused-ring (bicyclic) bond motifs is 1. The minimum atomic E-state index is -1.39. The van der Waals surface area contributed by atoms with Crippen LogP contribution in [-0.4, -0.2) is 74.8 Å². The molecule has 0 saturated heterocycles. The number of carbonyl (C=O) groups is 4. The highest BCUT2D eigenvalue weighted by Crippen LogP contribution is 2.19. The topological polar surface area (TPSA) is 207 Å². The Hall–Kier alpha value is -4.42. The number of phenolic OH excluding ortho intramolecular Hbond substituents is 1. The predicted molar refractivity (Wildman–Crippen MR) is 152 cm³/mol. The molecule has 12 nitrogen and oxygen atoms in total. The number of carbonyl (C=O) groups excluding carboxylic acids is 3. The normalized spacial score (nSPS) is 14.8. The van der Waals surface area contributed by atoms with Gasteiger partial charge in [-0.15, -0.1) is 0 Å². The van der Waals surface area contributed by atoms with E-state index in [4.69, 9.17) is 5.73 Å². The number of para-hydroxylation sites is 1. The van der Waals surface area contributed by atoms with Gasteiger partial charge in [-0.3, -0.25) is 14.4 Å². The van der Waals surface area contributed by atoms with Gasteiger partial charge >= 0.3 is 5.97 Å². The van der Waals surface area contributed by atoms with Crippen LogP contribution >= 0.6 is 0 Å². The second-order valence-corrected chi connectivity index (χ2v) is 10.0. The van der Waals surface area contributed by atoms with Crippen LogP contribution in [0.1, 0.15) is 31.4 Å². The molecule has 41 heavy (non-hydrogen) atoms. The Balaban J connectivity index is 1.82. The Morgan fingerprint density at radius 1 is 0.878 bits per heavy atom. The number of nitrogens with two attached hydrogens (primary N) is 1. The van der Waals surface area contributed by atoms with Crippen molar-refractivity contribution in [2.24, 2.45) is 11.7 Å². The Morgan fingerprint density at radius 3 is 2.12 bits per heavy atom. The Morgan fingerprint density at radius 2 is 1.49 bits per heavy atom. The summed E-state index contributed by atoms with van der Waals surface area (Å²) in [5.74, 6) is -3.66. The van der Waals surface area contributed by atoms with Crippen molar-refractivity contribution in [2.45, 2.75) is 57.3 Å². The van der Waals surface area contributed by atoms with E-state index in [1.54, 1.807) is 25.3 Å². The Labute approximate surface area is 237 Å². The summed E-state index contributed by atoms with van der Waals surface area (Å²) in [4.78, 5) is 54.3. The molecular weight excluding hydrogens is 530 g/mol. The van der Waals surface area contributed by atoms with Crippen molar-refractivity contribution in [1.82, 2.24) is 20.9 Å². The Kier molecular flexibility index (Phi) is 10.8. The first kappa shape index (κ1) is 31.1. The molecule has 220 valence electrons. The molecular formula is C29H37N5O7. The van der Waals surface area contributed by atoms with Crippen molar-refractivity contribution in [3.8, 4) is 5.75 Å². The molecule has 0 radical (unpaired) electrons. The van der Waals surface area contributed by atoms with Crippen LogP contribution in [0.5, 0.6) is 5.75 Å². The molecule has 0 aliphatic carbocycles. The van der Waals surface area contributed by atoms with Crippen LogP contribution in [0.3, 0.4) is 0 Å². The lowest BCUT2D eigenvalue weighted by molar-refractivity contribution is -0.142. The number of phenols is 1. The molecule has 12 heteroatoms. The number of carboxylic acids is 1. The van der Waals surface area contributed by atoms with E-state index in [0.717, 1.165) is 10.9 Å². The second kappa shape index (κ2) is 14.3. The van der Waals surface area contributed by atoms with Crippen LogP contribution in [0.25, 0.3) is 10.9 Å². The van der Waals surface area contributed by atoms with Crippen molar-refractivity contribution in [2.75, 3.05) is 6.61 Å². The minimum Gasteiger partial charge on any atom is -0.508 e. The molecule has 3 amide bonds. The molecule has 1 heterocycles. The summed E-state index contributed by atoms with van der Waals surface area (Å²) in [6.07, 6.45) is 2.24. The molecule has 5 unspecified atom stereocenters. The monoisotopic (exact) mass is 567 g/mol. The van der Waals surface area contributed by atoms with E-state index < -0.39 is 54.5 Å². The van der Waals surface area contributed by atoms with Gasteiger partial charge < -0.3 is 42.0 Å². The molecule has 3 rings (SSSR count). The fourth-order valence-corrected chi connectivity index (χ4v) is 4.32. The summed E-state index contributed by atoms with van der Waals surface area (Å²) >= 11 is 0. The molecule has 3 aromatic rings. The number of carboxylic acid groups (broad SMARTS) is 1. The maximum Gasteiger partial charge on any atom is 0.326 e. The minimum absolute atomic E-state index is 0.00832. The van der Waals surface area contributed by atoms with E-state index in [2.05, 4.69) is 20.9 Å². The lowest BCUT2D eigenvalue weighted by Gasteiger charge is -2.25. The molecule has 5 atom stereocenters. The lowest BCUT2D eigenvalue weighted by Crippen LogP contribution is -2.59. The number of aromatic nitrogens is 1. The standard InChI is InChI=1S/C29H37N5O7/c1-3-16(2)25(30)28(39)34-24(15-35)27(38)32-22(13-18-14-31-21-7-5-4-6-20(18)21)26(37)33-23(29(40)41)12-17-8-10-19(36)11-9-17/h4-11,14,16,22-25,31,35-36H,3,12-13,15,30H2,1-2H3,(H,32,38)(H,33,37)(H,34,39)(H,40,41). The molecule has 0 aliphatic rings. The zero-order valence-corrected chi connectivity index (χ0v) is 23.0. The van der Waals surface area contributed by atoms with Crippen molar-refractivity contribution in [1.29, 1.82) is 0 Å². The average Bonchev–Trinajstić information content (AvgIpc) is 3.37. The van der Waals surface area contributed by atoms with Crippen molar-refractivity contribution in [3.63, 3.8) is 0 Å². The van der Waals surface area contributed by atoms with E-state index in [9.17, 15) is 34.5 Å². The number of aliphatic carboxylic acids is 1. The number of benzene rings is 2. The highest BCUT2D eigenvalue weighted by Gasteiger charge is 2.31. The van der Waals surface area contributed by atoms with E-state index in [1.807, 2.05) is 31.2 Å². The number of aromatic hydroxyl groups is 1. The lowest BCUT2D eigenvalue weighted by atomic mass is 9.99. The number of H-pyrrole nitrogens is 1. The third-order valence-electron chi connectivity index (χ3n) is 7.10. The summed E-state index contributed by atoms with van der Waals surface area (Å²) in [5, 5.41) is 37.5. The third-order valence-corrected chi connectivity index (χ3v) is 7.10. The van der Waals surface area contributed by atoms with E-state index in [0.29, 0.717) is 17.5 Å². The molecule has 0 aliphatic heterocycles. The van der Waals surface area contributed by atoms with Gasteiger partial charge in [0.05, 0.1) is 12.6 Å². The van der Waals surface area contributed by atoms with Crippen molar-refractivity contribution >= 4 is 34.6 Å². The first-order valence-electron chi connectivity index (χ1n) is 13.4. The molecule has 0 fully saturated rings. The van der Waals surface area contributed by atoms with Crippen LogP contribution in [0.4, 0.5) is 0 Å². The first-order chi connectivity index (χ1) is 19.5. The number of nitrogens with one attached hydrogen (secondary N) is 4. The van der Waals surface area contributed by atoms with E-state index in [1.165, 1.54) is 12.1 Å². The maximum atomic E-state index is 13.5. The van der Waals surface area contributed by atoms with E-state index >= 15 is 0 Å². The number of aliphatic hydroxyl groups is 1. The van der Waals surface area contributed by atoms with Gasteiger partial charge in [0.25, 0.3) is 0 Å². The number of aromatic amines is 1. The molecule has 2 aromatic carbocycles. The molecule has 0 saturated carbocycles. The number of hydrogen-bond donors (Lipinski definition) is 8. The summed E-state index contributed by atoms with van der Waals surface area (Å²) in [7, 11) is 0. The van der Waals surface area contributed by atoms with Crippen LogP contribution in [0, 0.1) is 5.92 Å². The molecule has 0 spiro atoms. The quantitative estimate of drug-likeness (QED) is 0.138. The number of amides is 3. The van der Waals surface area contributed by atoms with Crippen molar-refractivity contribution < 1.29 is 34.5 Å². The molecule has 0 bridgehead atoms. The molecule has 9 N–H and O–H groups in total. The van der Waals surface area contributed by atoms with Crippen LogP contribution in [-0.2, 0) is 32.0 Å². The smallest absolute Gasteiger partial charge is 0.326 e. The fraction of sp³-hybridized carbons (Fsp3) is 0.379. The van der Waals surface area contributed by atoms with Crippen LogP contribution < -0.4 is 21.7 Å². The van der Waals surface area contributed by atoms with Gasteiger partial charge in [0, 0.05) is 29.9 Å². The fourth-order valence-electron chi connectivity index (χ4n) is 4.32. The maximum absolute atomic E-state index is 13.5. The zero-order valence-electron chi connectivity index (χ0n) is 23.0. The van der Waals surface area contributed by atoms with E-state index in [-0.39, 0.29) is 24.5 Å². The van der Waals surface area contributed by atoms with Gasteiger partial charge in [-0.05, 0) is 35.2 Å². The van der Waals surface area contributed by atoms with Gasteiger partial charge in [0.1, 0.15) is 23.9 Å². The first-order valence-corrected chi connectivity index (χ1v) is 13.4. The number of aliphatic hydroxyl groups excluding tert-OH is 1. The predicted octanol–water partition coefficient (Wildman–Crippen LogP) is 0.563. The van der Waals surface area contributed by atoms with Gasteiger partial charge in [0.15, 0.2) is 0 Å². The second-order valence-electron chi connectivity index (χ2n) is 10.0. The summed E-state index contributed by atoms with van der Waals surface area (Å²) in [5.41, 5.74) is 8.02. The molecule has 1 aromatic heterocycles. The van der Waals surface area contributed by atoms with Crippen molar-refractivity contribution in [3.05, 3.63) is 65.9 Å². The third kappa shape index (κ3) is 8.29. The SMILES string of the molecule is CCC(C)C(N)C(=O)NC(CO)C(=O)NC(Cc1c[nH]c2ccccc12)C(=O)NC(Cc1ccc(O)cc1)C(=O)O. The van der Waals surface area contributed by atoms with Gasteiger partial charge in [0.2, 0.25) is 17.7 Å². The Bertz CT molecular complexity index is 1360. The van der Waals surface area contributed by atoms with Crippen LogP contribution in [0.15, 0.2) is 54.7 Å². The highest BCUT2D eigenvalue weighted by molar-refractivity contribution is 5.95. The number of hydrogen-bond acceptors (Lipinski definition) is 7. The number of rotatable bonds is 14. The van der Waals surface area contributed by atoms with Gasteiger partial charge in [-0.2, -0.15) is 0 Å². The largest absolute Gasteiger partial charge is 0.508 e. The van der Waals surface area contributed by atoms with Crippen LogP contribution in [0.2, 0.25) is 0 Å². The summed E-state index contributed by atoms with van der Waals surface area (Å²) < 4.78 is 0. The van der Waals surface area contributed by atoms with Gasteiger partial charge in [-0.1, -0.05) is 50.6 Å².